The van der Waals surface area contributed by atoms with E-state index < -0.39 is 11.8 Å². The van der Waals surface area contributed by atoms with Gasteiger partial charge in [0.2, 0.25) is 5.91 Å². The lowest BCUT2D eigenvalue weighted by atomic mass is 10.0. The van der Waals surface area contributed by atoms with Crippen molar-refractivity contribution in [1.82, 2.24) is 0 Å². The number of nitrogens with zero attached hydrogens (tertiary/aromatic N) is 1. The molecule has 3 aromatic rings. The molecule has 0 fully saturated rings. The summed E-state index contributed by atoms with van der Waals surface area (Å²) in [5.74, 6) is -1.25. The number of halogens is 2. The first-order valence-corrected chi connectivity index (χ1v) is 10.4. The van der Waals surface area contributed by atoms with E-state index in [1.165, 1.54) is 6.92 Å². The number of hydrogen-bond acceptors (Lipinski definition) is 4. The molecule has 2 N–H and O–H groups in total. The van der Waals surface area contributed by atoms with Crippen molar-refractivity contribution < 1.29 is 14.4 Å². The second kappa shape index (κ2) is 8.86. The van der Waals surface area contributed by atoms with Gasteiger partial charge in [-0.25, -0.2) is 4.90 Å². The molecule has 1 heterocycles. The minimum atomic E-state index is -0.552. The Kier molecular flexibility index (Phi) is 5.99. The molecule has 0 bridgehead atoms. The summed E-state index contributed by atoms with van der Waals surface area (Å²) in [6.07, 6.45) is 0. The van der Waals surface area contributed by atoms with E-state index in [-0.39, 0.29) is 32.9 Å². The number of benzene rings is 3. The second-order valence-electron chi connectivity index (χ2n) is 7.02. The van der Waals surface area contributed by atoms with Gasteiger partial charge in [-0.2, -0.15) is 0 Å². The lowest BCUT2D eigenvalue weighted by Crippen LogP contribution is -2.32. The molecule has 0 radical (unpaired) electrons. The van der Waals surface area contributed by atoms with Gasteiger partial charge in [-0.15, -0.1) is 0 Å². The first-order valence-electron chi connectivity index (χ1n) is 9.64. The van der Waals surface area contributed by atoms with Gasteiger partial charge in [-0.3, -0.25) is 14.4 Å². The van der Waals surface area contributed by atoms with Crippen molar-refractivity contribution in [2.75, 3.05) is 15.5 Å². The number of imide groups is 1. The summed E-state index contributed by atoms with van der Waals surface area (Å²) in [6.45, 7) is 1.42. The van der Waals surface area contributed by atoms with Crippen LogP contribution >= 0.6 is 23.2 Å². The molecule has 0 spiro atoms. The molecule has 0 aliphatic carbocycles. The Morgan fingerprint density at radius 1 is 0.812 bits per heavy atom. The van der Waals surface area contributed by atoms with Crippen molar-refractivity contribution in [2.24, 2.45) is 0 Å². The van der Waals surface area contributed by atoms with E-state index in [4.69, 9.17) is 23.2 Å². The van der Waals surface area contributed by atoms with Crippen molar-refractivity contribution in [3.05, 3.63) is 94.1 Å². The van der Waals surface area contributed by atoms with E-state index in [0.717, 1.165) is 4.90 Å². The Labute approximate surface area is 194 Å². The Hall–Kier alpha value is -3.61. The molecule has 160 valence electrons. The smallest absolute Gasteiger partial charge is 0.282 e. The summed E-state index contributed by atoms with van der Waals surface area (Å²) in [7, 11) is 0. The van der Waals surface area contributed by atoms with Crippen molar-refractivity contribution in [1.29, 1.82) is 0 Å². The fourth-order valence-corrected chi connectivity index (χ4v) is 3.77. The molecule has 1 aliphatic rings. The number of amides is 3. The Morgan fingerprint density at radius 3 is 2.12 bits per heavy atom. The molecular weight excluding hydrogens is 449 g/mol. The summed E-state index contributed by atoms with van der Waals surface area (Å²) < 4.78 is 0. The fourth-order valence-electron chi connectivity index (χ4n) is 3.39. The first kappa shape index (κ1) is 21.6. The van der Waals surface area contributed by atoms with E-state index in [9.17, 15) is 14.4 Å². The van der Waals surface area contributed by atoms with Crippen LogP contribution in [0, 0.1) is 0 Å². The first-order chi connectivity index (χ1) is 15.4. The van der Waals surface area contributed by atoms with Crippen LogP contribution in [0.5, 0.6) is 0 Å². The highest BCUT2D eigenvalue weighted by Crippen LogP contribution is 2.39. The predicted molar refractivity (Wildman–Crippen MR) is 127 cm³/mol. The highest BCUT2D eigenvalue weighted by Gasteiger charge is 2.41. The maximum absolute atomic E-state index is 13.4. The maximum Gasteiger partial charge on any atom is 0.282 e. The zero-order valence-electron chi connectivity index (χ0n) is 16.9. The number of rotatable bonds is 5. The third-order valence-electron chi connectivity index (χ3n) is 4.79. The van der Waals surface area contributed by atoms with Crippen molar-refractivity contribution in [3.8, 4) is 0 Å². The van der Waals surface area contributed by atoms with Gasteiger partial charge in [0.05, 0.1) is 21.3 Å². The molecule has 32 heavy (non-hydrogen) atoms. The van der Waals surface area contributed by atoms with Crippen molar-refractivity contribution >= 4 is 63.6 Å². The van der Waals surface area contributed by atoms with E-state index in [1.54, 1.807) is 66.7 Å². The molecule has 0 saturated heterocycles. The van der Waals surface area contributed by atoms with Crippen LogP contribution in [0.25, 0.3) is 5.57 Å². The molecule has 4 rings (SSSR count). The highest BCUT2D eigenvalue weighted by atomic mass is 35.5. The molecule has 1 aliphatic heterocycles. The largest absolute Gasteiger partial charge is 0.350 e. The lowest BCUT2D eigenvalue weighted by Gasteiger charge is -2.17. The molecule has 6 nitrogen and oxygen atoms in total. The molecule has 0 saturated carbocycles. The molecule has 0 atom stereocenters. The van der Waals surface area contributed by atoms with Gasteiger partial charge in [0.15, 0.2) is 0 Å². The average molecular weight is 466 g/mol. The van der Waals surface area contributed by atoms with Crippen molar-refractivity contribution in [3.63, 3.8) is 0 Å². The summed E-state index contributed by atoms with van der Waals surface area (Å²) >= 11 is 12.4. The van der Waals surface area contributed by atoms with Gasteiger partial charge in [-0.1, -0.05) is 59.6 Å². The number of carbonyl (C=O) groups is 3. The minimum Gasteiger partial charge on any atom is -0.350 e. The summed E-state index contributed by atoms with van der Waals surface area (Å²) in [6, 6.07) is 20.5. The van der Waals surface area contributed by atoms with E-state index in [0.29, 0.717) is 16.9 Å². The normalized spacial score (nSPS) is 13.5. The maximum atomic E-state index is 13.4. The van der Waals surface area contributed by atoms with Gasteiger partial charge in [0.1, 0.15) is 5.70 Å². The van der Waals surface area contributed by atoms with E-state index >= 15 is 0 Å². The zero-order valence-corrected chi connectivity index (χ0v) is 18.4. The predicted octanol–water partition coefficient (Wildman–Crippen LogP) is 5.35. The summed E-state index contributed by atoms with van der Waals surface area (Å²) in [5.41, 5.74) is 2.32. The third-order valence-corrected chi connectivity index (χ3v) is 5.60. The lowest BCUT2D eigenvalue weighted by molar-refractivity contribution is -0.120. The van der Waals surface area contributed by atoms with Crippen LogP contribution < -0.4 is 15.5 Å². The van der Waals surface area contributed by atoms with Gasteiger partial charge in [0.25, 0.3) is 11.8 Å². The highest BCUT2D eigenvalue weighted by molar-refractivity contribution is 6.50. The Balaban J connectivity index is 1.76. The van der Waals surface area contributed by atoms with Gasteiger partial charge < -0.3 is 10.6 Å². The van der Waals surface area contributed by atoms with Crippen molar-refractivity contribution in [2.45, 2.75) is 6.92 Å². The third kappa shape index (κ3) is 4.10. The van der Waals surface area contributed by atoms with Crippen LogP contribution in [-0.2, 0) is 14.4 Å². The van der Waals surface area contributed by atoms with Crippen LogP contribution in [0.2, 0.25) is 10.0 Å². The quantitative estimate of drug-likeness (QED) is 0.497. The number of nitrogens with one attached hydrogen (secondary N) is 2. The molecule has 3 amide bonds. The standard InChI is InChI=1S/C24H17Cl2N3O3/c1-14(30)27-16-10-12-17(13-11-16)28-22-20(15-6-3-2-4-7-15)23(31)29(24(22)32)19-9-5-8-18(25)21(19)26/h2-13,28H,1H3,(H,27,30). The number of anilines is 3. The molecular formula is C24H17Cl2N3O3. The van der Waals surface area contributed by atoms with Crippen LogP contribution in [0.4, 0.5) is 17.1 Å². The average Bonchev–Trinajstić information content (AvgIpc) is 3.01. The molecule has 8 heteroatoms. The van der Waals surface area contributed by atoms with Crippen LogP contribution in [0.15, 0.2) is 78.5 Å². The Bertz CT molecular complexity index is 1260. The second-order valence-corrected chi connectivity index (χ2v) is 7.80. The van der Waals surface area contributed by atoms with Gasteiger partial charge >= 0.3 is 0 Å². The number of carbonyl (C=O) groups excluding carboxylic acids is 3. The zero-order chi connectivity index (χ0) is 22.8. The topological polar surface area (TPSA) is 78.5 Å². The van der Waals surface area contributed by atoms with Crippen LogP contribution in [-0.4, -0.2) is 17.7 Å². The van der Waals surface area contributed by atoms with E-state index in [2.05, 4.69) is 10.6 Å². The summed E-state index contributed by atoms with van der Waals surface area (Å²) in [5, 5.41) is 6.10. The summed E-state index contributed by atoms with van der Waals surface area (Å²) in [4.78, 5) is 39.1. The SMILES string of the molecule is CC(=O)Nc1ccc(NC2=C(c3ccccc3)C(=O)N(c3cccc(Cl)c3Cl)C2=O)cc1. The van der Waals surface area contributed by atoms with Crippen LogP contribution in [0.3, 0.4) is 0 Å². The molecule has 0 aromatic heterocycles. The van der Waals surface area contributed by atoms with Gasteiger partial charge in [-0.05, 0) is 42.0 Å². The molecule has 3 aromatic carbocycles. The van der Waals surface area contributed by atoms with Crippen LogP contribution in [0.1, 0.15) is 12.5 Å². The Morgan fingerprint density at radius 2 is 1.47 bits per heavy atom. The minimum absolute atomic E-state index is 0.115. The van der Waals surface area contributed by atoms with Gasteiger partial charge in [0, 0.05) is 18.3 Å². The fraction of sp³-hybridized carbons (Fsp3) is 0.0417. The van der Waals surface area contributed by atoms with E-state index in [1.807, 2.05) is 6.07 Å². The monoisotopic (exact) mass is 465 g/mol. The number of hydrogen-bond donors (Lipinski definition) is 2. The molecule has 0 unspecified atom stereocenters.